The minimum absolute atomic E-state index is 0.636. The molecule has 0 spiro atoms. The molecule has 0 unspecified atom stereocenters. The van der Waals surface area contributed by atoms with Gasteiger partial charge in [0.15, 0.2) is 11.4 Å². The lowest BCUT2D eigenvalue weighted by atomic mass is 9.97. The van der Waals surface area contributed by atoms with E-state index in [-0.39, 0.29) is 0 Å². The zero-order valence-corrected chi connectivity index (χ0v) is 29.5. The summed E-state index contributed by atoms with van der Waals surface area (Å²) in [7, 11) is 0. The van der Waals surface area contributed by atoms with Gasteiger partial charge in [-0.1, -0.05) is 147 Å². The fourth-order valence-electron chi connectivity index (χ4n) is 7.08. The van der Waals surface area contributed by atoms with Crippen molar-refractivity contribution in [3.05, 3.63) is 195 Å². The van der Waals surface area contributed by atoms with Crippen LogP contribution >= 0.6 is 0 Å². The van der Waals surface area contributed by atoms with Crippen LogP contribution in [0.1, 0.15) is 12.5 Å². The third-order valence-corrected chi connectivity index (χ3v) is 9.44. The second kappa shape index (κ2) is 14.3. The Morgan fingerprint density at radius 3 is 1.91 bits per heavy atom. The average molecular weight is 684 g/mol. The SMILES string of the molecule is C=C/C=C(\C=C/C)c1cccc(-c2cccc(-c3nc(-n4c5ccccc5c5ccccc54)c4ccc5c6ccccc6oc5c4n3)c2)c1.C=CC=C. The summed E-state index contributed by atoms with van der Waals surface area (Å²) in [6.45, 7) is 12.7. The minimum atomic E-state index is 0.636. The second-order valence-electron chi connectivity index (χ2n) is 12.7. The lowest BCUT2D eigenvalue weighted by Gasteiger charge is -2.13. The van der Waals surface area contributed by atoms with Gasteiger partial charge in [0.25, 0.3) is 0 Å². The number of allylic oxidation sites excluding steroid dienone is 7. The van der Waals surface area contributed by atoms with E-state index < -0.39 is 0 Å². The van der Waals surface area contributed by atoms with Crippen molar-refractivity contribution in [1.29, 1.82) is 0 Å². The van der Waals surface area contributed by atoms with Gasteiger partial charge < -0.3 is 4.42 Å². The fourth-order valence-corrected chi connectivity index (χ4v) is 7.08. The Bertz CT molecular complexity index is 2860. The van der Waals surface area contributed by atoms with Crippen molar-refractivity contribution in [2.24, 2.45) is 0 Å². The molecule has 0 saturated carbocycles. The Labute approximate surface area is 308 Å². The Kier molecular flexibility index (Phi) is 8.93. The molecule has 9 aromatic rings. The van der Waals surface area contributed by atoms with Crippen molar-refractivity contribution in [2.75, 3.05) is 0 Å². The van der Waals surface area contributed by atoms with Crippen LogP contribution in [0.5, 0.6) is 0 Å². The Hall–Kier alpha value is -7.04. The van der Waals surface area contributed by atoms with Crippen molar-refractivity contribution < 1.29 is 4.42 Å². The van der Waals surface area contributed by atoms with Gasteiger partial charge in [-0.25, -0.2) is 9.97 Å². The zero-order chi connectivity index (χ0) is 36.3. The maximum atomic E-state index is 6.55. The average Bonchev–Trinajstić information content (AvgIpc) is 3.77. The van der Waals surface area contributed by atoms with Crippen LogP contribution in [-0.2, 0) is 0 Å². The summed E-state index contributed by atoms with van der Waals surface area (Å²) in [5.74, 6) is 1.45. The number of benzene rings is 6. The molecule has 0 fully saturated rings. The summed E-state index contributed by atoms with van der Waals surface area (Å²) in [5, 5.41) is 5.40. The molecule has 3 aromatic heterocycles. The molecule has 4 nitrogen and oxygen atoms in total. The highest BCUT2D eigenvalue weighted by Crippen LogP contribution is 2.39. The van der Waals surface area contributed by atoms with Crippen molar-refractivity contribution in [3.8, 4) is 28.3 Å². The Balaban J connectivity index is 0.000000954. The van der Waals surface area contributed by atoms with Crippen molar-refractivity contribution in [3.63, 3.8) is 0 Å². The summed E-state index contributed by atoms with van der Waals surface area (Å²) >= 11 is 0. The smallest absolute Gasteiger partial charge is 0.162 e. The summed E-state index contributed by atoms with van der Waals surface area (Å²) in [4.78, 5) is 10.7. The molecule has 0 aliphatic heterocycles. The maximum Gasteiger partial charge on any atom is 0.162 e. The maximum absolute atomic E-state index is 6.55. The lowest BCUT2D eigenvalue weighted by Crippen LogP contribution is -2.03. The van der Waals surface area contributed by atoms with Gasteiger partial charge in [-0.2, -0.15) is 0 Å². The molecule has 0 aliphatic rings. The van der Waals surface area contributed by atoms with Crippen LogP contribution in [0.4, 0.5) is 0 Å². The number of aromatic nitrogens is 3. The monoisotopic (exact) mass is 683 g/mol. The van der Waals surface area contributed by atoms with Crippen molar-refractivity contribution >= 4 is 60.2 Å². The van der Waals surface area contributed by atoms with Gasteiger partial charge in [-0.15, -0.1) is 0 Å². The number of hydrogen-bond donors (Lipinski definition) is 0. The van der Waals surface area contributed by atoms with E-state index in [1.165, 1.54) is 10.8 Å². The molecule has 0 N–H and O–H groups in total. The third kappa shape index (κ3) is 5.96. The van der Waals surface area contributed by atoms with E-state index in [9.17, 15) is 0 Å². The first-order valence-corrected chi connectivity index (χ1v) is 17.6. The van der Waals surface area contributed by atoms with Crippen LogP contribution < -0.4 is 0 Å². The van der Waals surface area contributed by atoms with Crippen LogP contribution in [0.3, 0.4) is 0 Å². The topological polar surface area (TPSA) is 43.9 Å². The van der Waals surface area contributed by atoms with E-state index in [2.05, 4.69) is 146 Å². The highest BCUT2D eigenvalue weighted by atomic mass is 16.3. The number of furan rings is 1. The quantitative estimate of drug-likeness (QED) is 0.157. The van der Waals surface area contributed by atoms with Crippen LogP contribution in [0.2, 0.25) is 0 Å². The van der Waals surface area contributed by atoms with E-state index in [0.717, 1.165) is 77.5 Å². The summed E-state index contributed by atoms with van der Waals surface area (Å²) < 4.78 is 8.83. The molecular formula is C49H37N3O. The largest absolute Gasteiger partial charge is 0.454 e. The molecule has 0 bridgehead atoms. The van der Waals surface area contributed by atoms with Crippen LogP contribution in [-0.4, -0.2) is 14.5 Å². The molecule has 53 heavy (non-hydrogen) atoms. The first-order valence-electron chi connectivity index (χ1n) is 17.6. The first kappa shape index (κ1) is 33.1. The summed E-state index contributed by atoms with van der Waals surface area (Å²) in [6.07, 6.45) is 11.3. The number of nitrogens with zero attached hydrogens (tertiary/aromatic N) is 3. The zero-order valence-electron chi connectivity index (χ0n) is 29.5. The van der Waals surface area contributed by atoms with Crippen LogP contribution in [0.15, 0.2) is 194 Å². The van der Waals surface area contributed by atoms with Gasteiger partial charge in [0, 0.05) is 32.5 Å². The van der Waals surface area contributed by atoms with Crippen LogP contribution in [0, 0.1) is 0 Å². The van der Waals surface area contributed by atoms with Gasteiger partial charge >= 0.3 is 0 Å². The van der Waals surface area contributed by atoms with E-state index in [1.54, 1.807) is 12.2 Å². The second-order valence-corrected chi connectivity index (χ2v) is 12.7. The highest BCUT2D eigenvalue weighted by Gasteiger charge is 2.21. The van der Waals surface area contributed by atoms with E-state index in [1.807, 2.05) is 43.4 Å². The van der Waals surface area contributed by atoms with Crippen molar-refractivity contribution in [2.45, 2.75) is 6.92 Å². The molecular weight excluding hydrogens is 647 g/mol. The van der Waals surface area contributed by atoms with E-state index >= 15 is 0 Å². The first-order chi connectivity index (χ1) is 26.1. The van der Waals surface area contributed by atoms with Crippen LogP contribution in [0.25, 0.3) is 88.6 Å². The molecule has 9 rings (SSSR count). The summed E-state index contributed by atoms with van der Waals surface area (Å²) in [6, 6.07) is 46.6. The Morgan fingerprint density at radius 1 is 0.585 bits per heavy atom. The molecule has 0 amide bonds. The molecule has 0 radical (unpaired) electrons. The molecule has 3 heterocycles. The fraction of sp³-hybridized carbons (Fsp3) is 0.0204. The standard InChI is InChI=1S/C45H31N3O.C4H6/c1-3-13-29(14-4-2)30-15-11-16-31(27-30)32-17-12-18-33(28-32)44-46-42-38(26-25-37-36-21-7-10-24-41(36)49-43(37)42)45(47-44)48-39-22-8-5-19-34(39)35-20-6-9-23-40(35)48;1-3-4-2/h3-28H,1H2,2H3;3-4H,1-2H2/b14-4-,29-13+;. The predicted molar refractivity (Wildman–Crippen MR) is 225 cm³/mol. The van der Waals surface area contributed by atoms with Gasteiger partial charge in [0.2, 0.25) is 0 Å². The molecule has 6 aromatic carbocycles. The molecule has 0 saturated heterocycles. The van der Waals surface area contributed by atoms with E-state index in [0.29, 0.717) is 5.82 Å². The number of hydrogen-bond acceptors (Lipinski definition) is 3. The highest BCUT2D eigenvalue weighted by molar-refractivity contribution is 6.16. The van der Waals surface area contributed by atoms with Crippen molar-refractivity contribution in [1.82, 2.24) is 14.5 Å². The Morgan fingerprint density at radius 2 is 1.21 bits per heavy atom. The summed E-state index contributed by atoms with van der Waals surface area (Å²) in [5.41, 5.74) is 9.94. The van der Waals surface area contributed by atoms with Gasteiger partial charge in [-0.05, 0) is 71.7 Å². The van der Waals surface area contributed by atoms with Gasteiger partial charge in [0.05, 0.1) is 11.0 Å². The molecule has 0 aliphatic carbocycles. The number of rotatable bonds is 7. The van der Waals surface area contributed by atoms with Gasteiger partial charge in [0.1, 0.15) is 16.9 Å². The number of fused-ring (bicyclic) bond motifs is 8. The third-order valence-electron chi connectivity index (χ3n) is 9.44. The predicted octanol–water partition coefficient (Wildman–Crippen LogP) is 13.5. The van der Waals surface area contributed by atoms with Gasteiger partial charge in [-0.3, -0.25) is 4.57 Å². The normalized spacial score (nSPS) is 11.8. The lowest BCUT2D eigenvalue weighted by molar-refractivity contribution is 0.671. The van der Waals surface area contributed by atoms with E-state index in [4.69, 9.17) is 14.4 Å². The number of para-hydroxylation sites is 3. The molecule has 4 heteroatoms. The molecule has 0 atom stereocenters. The molecule has 254 valence electrons. The minimum Gasteiger partial charge on any atom is -0.454 e.